The number of hydrogen-bond acceptors (Lipinski definition) is 3. The van der Waals surface area contributed by atoms with Gasteiger partial charge in [-0.1, -0.05) is 30.3 Å². The van der Waals surface area contributed by atoms with E-state index in [9.17, 15) is 4.79 Å². The number of amides is 1. The van der Waals surface area contributed by atoms with Crippen LogP contribution < -0.4 is 5.73 Å². The fourth-order valence-corrected chi connectivity index (χ4v) is 5.01. The van der Waals surface area contributed by atoms with Crippen LogP contribution in [-0.4, -0.2) is 29.9 Å². The Morgan fingerprint density at radius 1 is 1.12 bits per heavy atom. The van der Waals surface area contributed by atoms with E-state index in [2.05, 4.69) is 17.5 Å². The smallest absolute Gasteiger partial charge is 0.255 e. The van der Waals surface area contributed by atoms with Crippen LogP contribution in [0.2, 0.25) is 0 Å². The van der Waals surface area contributed by atoms with E-state index in [-0.39, 0.29) is 30.3 Å². The molecule has 5 heteroatoms. The Kier molecular flexibility index (Phi) is 5.28. The number of hydrogen-bond donors (Lipinski definition) is 1. The van der Waals surface area contributed by atoms with Gasteiger partial charge in [-0.3, -0.25) is 4.79 Å². The summed E-state index contributed by atoms with van der Waals surface area (Å²) >= 11 is 1.76. The number of fused-ring (bicyclic) bond motifs is 1. The highest BCUT2D eigenvalue weighted by molar-refractivity contribution is 7.10. The van der Waals surface area contributed by atoms with Crippen LogP contribution in [-0.2, 0) is 12.8 Å². The maximum Gasteiger partial charge on any atom is 0.255 e. The number of nitrogens with zero attached hydrogens (tertiary/aromatic N) is 1. The average Bonchev–Trinajstić information content (AvgIpc) is 3.19. The maximum absolute atomic E-state index is 13.0. The second-order valence-electron chi connectivity index (χ2n) is 6.65. The average molecular weight is 363 g/mol. The molecule has 2 heterocycles. The van der Waals surface area contributed by atoms with Gasteiger partial charge in [0.1, 0.15) is 0 Å². The first-order chi connectivity index (χ1) is 11.2. The number of thiophene rings is 1. The van der Waals surface area contributed by atoms with Gasteiger partial charge in [-0.05, 0) is 36.8 Å². The van der Waals surface area contributed by atoms with E-state index in [4.69, 9.17) is 5.73 Å². The molecule has 0 radical (unpaired) electrons. The number of carbonyl (C=O) groups excluding carboxylic acids is 1. The maximum atomic E-state index is 13.0. The lowest BCUT2D eigenvalue weighted by Gasteiger charge is -2.18. The highest BCUT2D eigenvalue weighted by atomic mass is 35.5. The summed E-state index contributed by atoms with van der Waals surface area (Å²) in [7, 11) is 0. The molecule has 0 saturated carbocycles. The van der Waals surface area contributed by atoms with Crippen LogP contribution in [0.5, 0.6) is 0 Å². The highest BCUT2D eigenvalue weighted by Crippen LogP contribution is 2.33. The Hall–Kier alpha value is -1.36. The molecule has 1 amide bonds. The van der Waals surface area contributed by atoms with E-state index >= 15 is 0 Å². The Morgan fingerprint density at radius 2 is 1.88 bits per heavy atom. The van der Waals surface area contributed by atoms with Crippen molar-refractivity contribution >= 4 is 29.7 Å². The first-order valence-corrected chi connectivity index (χ1v) is 9.31. The van der Waals surface area contributed by atoms with Gasteiger partial charge in [0.25, 0.3) is 5.91 Å². The van der Waals surface area contributed by atoms with Crippen LogP contribution in [0, 0.1) is 0 Å². The van der Waals surface area contributed by atoms with E-state index in [1.807, 2.05) is 23.1 Å². The molecular weight excluding hydrogens is 340 g/mol. The molecule has 1 aliphatic carbocycles. The van der Waals surface area contributed by atoms with Crippen molar-refractivity contribution in [2.24, 2.45) is 5.73 Å². The molecule has 0 spiro atoms. The molecule has 128 valence electrons. The Morgan fingerprint density at radius 3 is 2.67 bits per heavy atom. The molecular formula is C19H23ClN2OS. The molecule has 1 aliphatic heterocycles. The van der Waals surface area contributed by atoms with Gasteiger partial charge in [-0.25, -0.2) is 0 Å². The van der Waals surface area contributed by atoms with Crippen molar-refractivity contribution in [2.45, 2.75) is 37.6 Å². The van der Waals surface area contributed by atoms with Crippen molar-refractivity contribution in [1.82, 2.24) is 4.90 Å². The monoisotopic (exact) mass is 362 g/mol. The van der Waals surface area contributed by atoms with E-state index in [1.165, 1.54) is 28.8 Å². The lowest BCUT2D eigenvalue weighted by atomic mass is 9.95. The summed E-state index contributed by atoms with van der Waals surface area (Å²) < 4.78 is 0. The Bertz CT molecular complexity index is 715. The number of benzene rings is 1. The van der Waals surface area contributed by atoms with Crippen LogP contribution in [0.3, 0.4) is 0 Å². The lowest BCUT2D eigenvalue weighted by Crippen LogP contribution is -2.32. The number of halogens is 1. The molecule has 3 nitrogen and oxygen atoms in total. The van der Waals surface area contributed by atoms with Gasteiger partial charge in [0.2, 0.25) is 0 Å². The summed E-state index contributed by atoms with van der Waals surface area (Å²) in [5.41, 5.74) is 9.82. The largest absolute Gasteiger partial charge is 0.336 e. The van der Waals surface area contributed by atoms with Crippen molar-refractivity contribution in [3.8, 4) is 0 Å². The number of aryl methyl sites for hydroxylation is 1. The number of rotatable bonds is 2. The second-order valence-corrected chi connectivity index (χ2v) is 7.61. The third kappa shape index (κ3) is 3.10. The standard InChI is InChI=1S/C19H22N2OS.ClH/c20-17-11-21(10-15(17)13-6-2-1-3-7-13)19(22)16-12-23-18-9-5-4-8-14(16)18;/h1-3,6-7,12,15,17H,4-5,8-11,20H2;1H/t15-,17+;/m0./s1. The number of carbonyl (C=O) groups is 1. The molecule has 0 unspecified atom stereocenters. The summed E-state index contributed by atoms with van der Waals surface area (Å²) in [5, 5.41) is 2.07. The first kappa shape index (κ1) is 17.5. The topological polar surface area (TPSA) is 46.3 Å². The predicted octanol–water partition coefficient (Wildman–Crippen LogP) is 3.62. The van der Waals surface area contributed by atoms with Crippen LogP contribution in [0.25, 0.3) is 0 Å². The molecule has 24 heavy (non-hydrogen) atoms. The fraction of sp³-hybridized carbons (Fsp3) is 0.421. The zero-order valence-electron chi connectivity index (χ0n) is 13.6. The van der Waals surface area contributed by atoms with Crippen LogP contribution in [0.4, 0.5) is 0 Å². The predicted molar refractivity (Wildman–Crippen MR) is 101 cm³/mol. The normalized spacial score (nSPS) is 22.8. The summed E-state index contributed by atoms with van der Waals surface area (Å²) in [4.78, 5) is 16.4. The molecule has 2 aliphatic rings. The number of nitrogens with two attached hydrogens (primary N) is 1. The molecule has 4 rings (SSSR count). The Labute approximate surface area is 153 Å². The minimum absolute atomic E-state index is 0. The second kappa shape index (κ2) is 7.26. The van der Waals surface area contributed by atoms with Crippen molar-refractivity contribution < 1.29 is 4.79 Å². The molecule has 2 atom stereocenters. The highest BCUT2D eigenvalue weighted by Gasteiger charge is 2.35. The zero-order chi connectivity index (χ0) is 15.8. The molecule has 1 aromatic carbocycles. The fourth-order valence-electron chi connectivity index (χ4n) is 3.89. The van der Waals surface area contributed by atoms with Gasteiger partial charge in [0.15, 0.2) is 0 Å². The molecule has 1 saturated heterocycles. The summed E-state index contributed by atoms with van der Waals surface area (Å²) in [6, 6.07) is 10.4. The van der Waals surface area contributed by atoms with Crippen LogP contribution in [0.1, 0.15) is 45.1 Å². The quantitative estimate of drug-likeness (QED) is 0.886. The van der Waals surface area contributed by atoms with Gasteiger partial charge >= 0.3 is 0 Å². The number of likely N-dealkylation sites (tertiary alicyclic amines) is 1. The summed E-state index contributed by atoms with van der Waals surface area (Å²) in [6.07, 6.45) is 4.66. The van der Waals surface area contributed by atoms with E-state index in [0.717, 1.165) is 24.9 Å². The van der Waals surface area contributed by atoms with Gasteiger partial charge in [-0.2, -0.15) is 0 Å². The molecule has 2 aromatic rings. The minimum Gasteiger partial charge on any atom is -0.336 e. The zero-order valence-corrected chi connectivity index (χ0v) is 15.2. The third-order valence-corrected chi connectivity index (χ3v) is 6.26. The van der Waals surface area contributed by atoms with Crippen molar-refractivity contribution in [3.63, 3.8) is 0 Å². The van der Waals surface area contributed by atoms with Crippen molar-refractivity contribution in [1.29, 1.82) is 0 Å². The van der Waals surface area contributed by atoms with Gasteiger partial charge in [-0.15, -0.1) is 23.7 Å². The molecule has 0 bridgehead atoms. The van der Waals surface area contributed by atoms with Crippen molar-refractivity contribution in [3.05, 3.63) is 57.3 Å². The first-order valence-electron chi connectivity index (χ1n) is 8.43. The molecule has 1 aromatic heterocycles. The van der Waals surface area contributed by atoms with E-state index in [1.54, 1.807) is 11.3 Å². The van der Waals surface area contributed by atoms with Crippen LogP contribution in [0.15, 0.2) is 35.7 Å². The summed E-state index contributed by atoms with van der Waals surface area (Å²) in [6.45, 7) is 1.39. The van der Waals surface area contributed by atoms with E-state index < -0.39 is 0 Å². The Balaban J connectivity index is 0.00000169. The SMILES string of the molecule is Cl.N[C@@H]1CN(C(=O)c2csc3c2CCCC3)C[C@H]1c1ccccc1. The van der Waals surface area contributed by atoms with Crippen LogP contribution >= 0.6 is 23.7 Å². The van der Waals surface area contributed by atoms with Gasteiger partial charge in [0, 0.05) is 35.3 Å². The van der Waals surface area contributed by atoms with E-state index in [0.29, 0.717) is 6.54 Å². The van der Waals surface area contributed by atoms with Crippen molar-refractivity contribution in [2.75, 3.05) is 13.1 Å². The summed E-state index contributed by atoms with van der Waals surface area (Å²) in [5.74, 6) is 0.424. The minimum atomic E-state index is 0. The van der Waals surface area contributed by atoms with Gasteiger partial charge in [0.05, 0.1) is 5.56 Å². The third-order valence-electron chi connectivity index (χ3n) is 5.17. The molecule has 2 N–H and O–H groups in total. The molecule has 1 fully saturated rings. The lowest BCUT2D eigenvalue weighted by molar-refractivity contribution is 0.0788. The van der Waals surface area contributed by atoms with Gasteiger partial charge < -0.3 is 10.6 Å².